The molecule has 0 aliphatic carbocycles. The number of hydrogen-bond donors (Lipinski definition) is 1. The number of aldehydes is 1. The Hall–Kier alpha value is -3.39. The molecule has 7 nitrogen and oxygen atoms in total. The molecule has 170 valence electrons. The summed E-state index contributed by atoms with van der Waals surface area (Å²) >= 11 is 3.39. The average molecular weight is 510 g/mol. The Morgan fingerprint density at radius 1 is 1.09 bits per heavy atom. The van der Waals surface area contributed by atoms with Crippen molar-refractivity contribution in [1.82, 2.24) is 9.80 Å². The van der Waals surface area contributed by atoms with Crippen molar-refractivity contribution in [3.05, 3.63) is 70.7 Å². The Kier molecular flexibility index (Phi) is 6.93. The predicted molar refractivity (Wildman–Crippen MR) is 131 cm³/mol. The molecular weight excluding hydrogens is 486 g/mol. The van der Waals surface area contributed by atoms with Gasteiger partial charge in [-0.05, 0) is 41.1 Å². The standard InChI is InChI=1S/C25H24BrN3O4/c1-27-23-9-7-19(26)13-22(23)25(32)29-11-10-28(14-20(29)15-30)24(31)16-33-21-8-6-17-4-2-3-5-18(17)12-21/h2-9,12-13,15,20,27H,10-11,14,16H2,1H3. The van der Waals surface area contributed by atoms with Crippen molar-refractivity contribution < 1.29 is 19.1 Å². The minimum Gasteiger partial charge on any atom is -0.484 e. The van der Waals surface area contributed by atoms with Crippen LogP contribution in [-0.4, -0.2) is 67.2 Å². The summed E-state index contributed by atoms with van der Waals surface area (Å²) in [5.74, 6) is 0.134. The lowest BCUT2D eigenvalue weighted by atomic mass is 10.1. The summed E-state index contributed by atoms with van der Waals surface area (Å²) in [5.41, 5.74) is 1.15. The highest BCUT2D eigenvalue weighted by Crippen LogP contribution is 2.24. The Morgan fingerprint density at radius 2 is 1.88 bits per heavy atom. The third-order valence-corrected chi connectivity index (χ3v) is 6.25. The van der Waals surface area contributed by atoms with Gasteiger partial charge in [0.15, 0.2) is 6.61 Å². The number of halogens is 1. The molecule has 0 spiro atoms. The van der Waals surface area contributed by atoms with Gasteiger partial charge in [-0.3, -0.25) is 9.59 Å². The predicted octanol–water partition coefficient (Wildman–Crippen LogP) is 3.57. The van der Waals surface area contributed by atoms with Crippen LogP contribution in [0.25, 0.3) is 10.8 Å². The lowest BCUT2D eigenvalue weighted by molar-refractivity contribution is -0.136. The topological polar surface area (TPSA) is 79.0 Å². The number of nitrogens with one attached hydrogen (secondary N) is 1. The number of carbonyl (C=O) groups is 3. The van der Waals surface area contributed by atoms with Gasteiger partial charge in [-0.2, -0.15) is 0 Å². The van der Waals surface area contributed by atoms with E-state index in [0.717, 1.165) is 21.5 Å². The molecule has 1 saturated heterocycles. The van der Waals surface area contributed by atoms with Gasteiger partial charge in [0, 0.05) is 36.8 Å². The van der Waals surface area contributed by atoms with Crippen LogP contribution in [0.15, 0.2) is 65.1 Å². The van der Waals surface area contributed by atoms with Gasteiger partial charge in [0.05, 0.1) is 5.56 Å². The van der Waals surface area contributed by atoms with E-state index in [-0.39, 0.29) is 31.5 Å². The van der Waals surface area contributed by atoms with E-state index in [1.54, 1.807) is 24.1 Å². The van der Waals surface area contributed by atoms with Crippen LogP contribution >= 0.6 is 15.9 Å². The molecule has 4 rings (SSSR count). The number of rotatable bonds is 6. The lowest BCUT2D eigenvalue weighted by Crippen LogP contribution is -2.57. The molecule has 1 atom stereocenters. The highest BCUT2D eigenvalue weighted by Gasteiger charge is 2.33. The molecule has 2 amide bonds. The molecule has 0 saturated carbocycles. The molecule has 1 heterocycles. The third kappa shape index (κ3) is 5.01. The molecule has 0 bridgehead atoms. The summed E-state index contributed by atoms with van der Waals surface area (Å²) < 4.78 is 6.48. The highest BCUT2D eigenvalue weighted by atomic mass is 79.9. The summed E-state index contributed by atoms with van der Waals surface area (Å²) in [5, 5.41) is 5.13. The van der Waals surface area contributed by atoms with Gasteiger partial charge in [-0.1, -0.05) is 46.3 Å². The van der Waals surface area contributed by atoms with Gasteiger partial charge in [0.1, 0.15) is 18.1 Å². The van der Waals surface area contributed by atoms with E-state index in [1.807, 2.05) is 48.5 Å². The van der Waals surface area contributed by atoms with E-state index < -0.39 is 6.04 Å². The summed E-state index contributed by atoms with van der Waals surface area (Å²) in [6.45, 7) is 0.601. The average Bonchev–Trinajstić information content (AvgIpc) is 2.86. The van der Waals surface area contributed by atoms with Crippen LogP contribution in [0.5, 0.6) is 5.75 Å². The number of amides is 2. The number of nitrogens with zero attached hydrogens (tertiary/aromatic N) is 2. The molecular formula is C25H24BrN3O4. The Bertz CT molecular complexity index is 1200. The maximum Gasteiger partial charge on any atom is 0.260 e. The van der Waals surface area contributed by atoms with E-state index in [9.17, 15) is 14.4 Å². The Balaban J connectivity index is 1.40. The smallest absolute Gasteiger partial charge is 0.260 e. The van der Waals surface area contributed by atoms with Gasteiger partial charge in [0.25, 0.3) is 11.8 Å². The fourth-order valence-corrected chi connectivity index (χ4v) is 4.33. The molecule has 1 unspecified atom stereocenters. The van der Waals surface area contributed by atoms with Crippen LogP contribution in [0.3, 0.4) is 0 Å². The summed E-state index contributed by atoms with van der Waals surface area (Å²) in [6, 6.07) is 18.2. The van der Waals surface area contributed by atoms with Gasteiger partial charge < -0.3 is 24.6 Å². The summed E-state index contributed by atoms with van der Waals surface area (Å²) in [6.07, 6.45) is 0.721. The molecule has 3 aromatic rings. The molecule has 1 aliphatic rings. The van der Waals surface area contributed by atoms with Crippen molar-refractivity contribution in [1.29, 1.82) is 0 Å². The number of fused-ring (bicyclic) bond motifs is 1. The number of hydrogen-bond acceptors (Lipinski definition) is 5. The Morgan fingerprint density at radius 3 is 2.64 bits per heavy atom. The van der Waals surface area contributed by atoms with Gasteiger partial charge >= 0.3 is 0 Å². The second-order valence-electron chi connectivity index (χ2n) is 7.78. The zero-order chi connectivity index (χ0) is 23.4. The van der Waals surface area contributed by atoms with Crippen molar-refractivity contribution in [3.8, 4) is 5.75 Å². The number of ether oxygens (including phenoxy) is 1. The van der Waals surface area contributed by atoms with Gasteiger partial charge in [-0.25, -0.2) is 0 Å². The van der Waals surface area contributed by atoms with Crippen molar-refractivity contribution >= 4 is 50.5 Å². The van der Waals surface area contributed by atoms with E-state index in [1.165, 1.54) is 4.90 Å². The molecule has 0 radical (unpaired) electrons. The zero-order valence-electron chi connectivity index (χ0n) is 18.2. The third-order valence-electron chi connectivity index (χ3n) is 5.75. The first-order chi connectivity index (χ1) is 16.0. The van der Waals surface area contributed by atoms with Crippen molar-refractivity contribution in [3.63, 3.8) is 0 Å². The number of anilines is 1. The van der Waals surface area contributed by atoms with E-state index in [0.29, 0.717) is 23.5 Å². The molecule has 1 N–H and O–H groups in total. The molecule has 3 aromatic carbocycles. The number of benzene rings is 3. The minimum atomic E-state index is -0.723. The second-order valence-corrected chi connectivity index (χ2v) is 8.69. The first-order valence-corrected chi connectivity index (χ1v) is 11.4. The fourth-order valence-electron chi connectivity index (χ4n) is 3.96. The van der Waals surface area contributed by atoms with Crippen LogP contribution in [0, 0.1) is 0 Å². The number of piperazine rings is 1. The molecule has 8 heteroatoms. The first-order valence-electron chi connectivity index (χ1n) is 10.6. The first kappa shape index (κ1) is 22.8. The molecule has 33 heavy (non-hydrogen) atoms. The van der Waals surface area contributed by atoms with Gasteiger partial charge in [-0.15, -0.1) is 0 Å². The van der Waals surface area contributed by atoms with Crippen molar-refractivity contribution in [2.75, 3.05) is 38.6 Å². The maximum atomic E-state index is 13.2. The molecule has 1 fully saturated rings. The SMILES string of the molecule is CNc1ccc(Br)cc1C(=O)N1CCN(C(=O)COc2ccc3ccccc3c2)CC1C=O. The highest BCUT2D eigenvalue weighted by molar-refractivity contribution is 9.10. The van der Waals surface area contributed by atoms with Crippen molar-refractivity contribution in [2.24, 2.45) is 0 Å². The summed E-state index contributed by atoms with van der Waals surface area (Å²) in [7, 11) is 1.74. The number of carbonyl (C=O) groups excluding carboxylic acids is 3. The van der Waals surface area contributed by atoms with E-state index in [2.05, 4.69) is 21.2 Å². The second kappa shape index (κ2) is 10.0. The van der Waals surface area contributed by atoms with Crippen LogP contribution in [0.1, 0.15) is 10.4 Å². The lowest BCUT2D eigenvalue weighted by Gasteiger charge is -2.39. The van der Waals surface area contributed by atoms with E-state index >= 15 is 0 Å². The zero-order valence-corrected chi connectivity index (χ0v) is 19.7. The Labute approximate surface area is 200 Å². The van der Waals surface area contributed by atoms with Crippen LogP contribution in [-0.2, 0) is 9.59 Å². The van der Waals surface area contributed by atoms with Crippen molar-refractivity contribution in [2.45, 2.75) is 6.04 Å². The quantitative estimate of drug-likeness (QED) is 0.513. The monoisotopic (exact) mass is 509 g/mol. The normalized spacial score (nSPS) is 15.9. The molecule has 0 aromatic heterocycles. The van der Waals surface area contributed by atoms with Crippen LogP contribution in [0.2, 0.25) is 0 Å². The van der Waals surface area contributed by atoms with Crippen LogP contribution < -0.4 is 10.1 Å². The summed E-state index contributed by atoms with van der Waals surface area (Å²) in [4.78, 5) is 40.8. The van der Waals surface area contributed by atoms with Gasteiger partial charge in [0.2, 0.25) is 0 Å². The maximum absolute atomic E-state index is 13.2. The van der Waals surface area contributed by atoms with Crippen LogP contribution in [0.4, 0.5) is 5.69 Å². The fraction of sp³-hybridized carbons (Fsp3) is 0.240. The minimum absolute atomic E-state index is 0.132. The molecule has 1 aliphatic heterocycles. The largest absolute Gasteiger partial charge is 0.484 e. The van der Waals surface area contributed by atoms with E-state index in [4.69, 9.17) is 4.74 Å².